The van der Waals surface area contributed by atoms with Crippen molar-refractivity contribution in [2.45, 2.75) is 44.9 Å². The van der Waals surface area contributed by atoms with Gasteiger partial charge >= 0.3 is 5.97 Å². The van der Waals surface area contributed by atoms with Crippen molar-refractivity contribution in [3.8, 4) is 5.75 Å². The van der Waals surface area contributed by atoms with Crippen molar-refractivity contribution in [3.63, 3.8) is 0 Å². The predicted octanol–water partition coefficient (Wildman–Crippen LogP) is 2.98. The Kier molecular flexibility index (Phi) is 8.58. The molecule has 31 heavy (non-hydrogen) atoms. The van der Waals surface area contributed by atoms with Gasteiger partial charge in [0.25, 0.3) is 0 Å². The Labute approximate surface area is 186 Å². The van der Waals surface area contributed by atoms with Gasteiger partial charge in [0.15, 0.2) is 5.96 Å². The number of nitrogens with zero attached hydrogens (tertiary/aromatic N) is 2. The van der Waals surface area contributed by atoms with Gasteiger partial charge in [-0.15, -0.1) is 0 Å². The number of ether oxygens (including phenoxy) is 3. The van der Waals surface area contributed by atoms with E-state index in [9.17, 15) is 4.79 Å². The maximum atomic E-state index is 12.0. The summed E-state index contributed by atoms with van der Waals surface area (Å²) >= 11 is 0. The highest BCUT2D eigenvalue weighted by Gasteiger charge is 2.35. The highest BCUT2D eigenvalue weighted by molar-refractivity contribution is 5.80. The molecule has 0 aliphatic carbocycles. The first-order valence-electron chi connectivity index (χ1n) is 11.5. The van der Waals surface area contributed by atoms with Crippen molar-refractivity contribution >= 4 is 11.9 Å². The normalized spacial score (nSPS) is 19.7. The van der Waals surface area contributed by atoms with Gasteiger partial charge in [-0.05, 0) is 57.2 Å². The summed E-state index contributed by atoms with van der Waals surface area (Å²) in [5, 5.41) is 3.63. The highest BCUT2D eigenvalue weighted by Crippen LogP contribution is 2.35. The van der Waals surface area contributed by atoms with Crippen LogP contribution in [0.25, 0.3) is 0 Å². The van der Waals surface area contributed by atoms with Gasteiger partial charge in [0, 0.05) is 45.3 Å². The SMILES string of the molecule is CCOC(=O)C1CCN(C(=NC)NCC2(c3ccc(OCC)cc3)CCOCC2)CC1. The Morgan fingerprint density at radius 2 is 1.84 bits per heavy atom. The average molecular weight is 432 g/mol. The van der Waals surface area contributed by atoms with E-state index in [1.807, 2.05) is 20.9 Å². The second-order valence-corrected chi connectivity index (χ2v) is 8.26. The van der Waals surface area contributed by atoms with Crippen LogP contribution in [0.4, 0.5) is 0 Å². The second-order valence-electron chi connectivity index (χ2n) is 8.26. The van der Waals surface area contributed by atoms with E-state index < -0.39 is 0 Å². The number of nitrogens with one attached hydrogen (secondary N) is 1. The molecule has 0 saturated carbocycles. The van der Waals surface area contributed by atoms with Gasteiger partial charge in [-0.1, -0.05) is 12.1 Å². The van der Waals surface area contributed by atoms with E-state index in [0.29, 0.717) is 13.2 Å². The summed E-state index contributed by atoms with van der Waals surface area (Å²) in [6, 6.07) is 8.49. The molecule has 2 aliphatic heterocycles. The second kappa shape index (κ2) is 11.4. The minimum absolute atomic E-state index is 0.00000387. The lowest BCUT2D eigenvalue weighted by molar-refractivity contribution is -0.149. The number of hydrogen-bond donors (Lipinski definition) is 1. The van der Waals surface area contributed by atoms with Crippen molar-refractivity contribution in [1.29, 1.82) is 0 Å². The first-order chi connectivity index (χ1) is 15.1. The largest absolute Gasteiger partial charge is 0.494 e. The third-order valence-electron chi connectivity index (χ3n) is 6.44. The van der Waals surface area contributed by atoms with Gasteiger partial charge in [-0.25, -0.2) is 0 Å². The first-order valence-corrected chi connectivity index (χ1v) is 11.5. The standard InChI is InChI=1S/C24H37N3O4/c1-4-30-21-8-6-20(7-9-21)24(12-16-29-17-13-24)18-26-23(25-3)27-14-10-19(11-15-27)22(28)31-5-2/h6-9,19H,4-5,10-18H2,1-3H3,(H,25,26). The van der Waals surface area contributed by atoms with Crippen LogP contribution < -0.4 is 10.1 Å². The summed E-state index contributed by atoms with van der Waals surface area (Å²) in [7, 11) is 1.83. The molecule has 2 heterocycles. The van der Waals surface area contributed by atoms with Gasteiger partial charge < -0.3 is 24.4 Å². The summed E-state index contributed by atoms with van der Waals surface area (Å²) in [4.78, 5) is 18.8. The first kappa shape index (κ1) is 23.4. The van der Waals surface area contributed by atoms with Crippen LogP contribution in [0, 0.1) is 5.92 Å². The van der Waals surface area contributed by atoms with Gasteiger partial charge in [0.2, 0.25) is 0 Å². The molecule has 0 atom stereocenters. The summed E-state index contributed by atoms with van der Waals surface area (Å²) < 4.78 is 16.5. The zero-order chi connectivity index (χ0) is 22.1. The third kappa shape index (κ3) is 5.91. The number of guanidine groups is 1. The lowest BCUT2D eigenvalue weighted by Crippen LogP contribution is -2.51. The number of esters is 1. The van der Waals surface area contributed by atoms with E-state index in [1.54, 1.807) is 0 Å². The van der Waals surface area contributed by atoms with E-state index >= 15 is 0 Å². The third-order valence-corrected chi connectivity index (χ3v) is 6.44. The van der Waals surface area contributed by atoms with E-state index in [-0.39, 0.29) is 17.3 Å². The van der Waals surface area contributed by atoms with Gasteiger partial charge in [0.05, 0.1) is 19.1 Å². The quantitative estimate of drug-likeness (QED) is 0.407. The van der Waals surface area contributed by atoms with Crippen LogP contribution in [0.5, 0.6) is 5.75 Å². The van der Waals surface area contributed by atoms with Gasteiger partial charge in [-0.2, -0.15) is 0 Å². The Morgan fingerprint density at radius 3 is 2.42 bits per heavy atom. The molecule has 2 aliphatic rings. The Hall–Kier alpha value is -2.28. The fourth-order valence-electron chi connectivity index (χ4n) is 4.57. The van der Waals surface area contributed by atoms with Crippen LogP contribution in [-0.2, 0) is 19.7 Å². The molecular formula is C24H37N3O4. The van der Waals surface area contributed by atoms with E-state index in [2.05, 4.69) is 39.5 Å². The van der Waals surface area contributed by atoms with Crippen molar-refractivity contribution < 1.29 is 19.0 Å². The maximum absolute atomic E-state index is 12.0. The molecular weight excluding hydrogens is 394 g/mol. The Morgan fingerprint density at radius 1 is 1.16 bits per heavy atom. The van der Waals surface area contributed by atoms with Gasteiger partial charge in [-0.3, -0.25) is 9.79 Å². The smallest absolute Gasteiger partial charge is 0.309 e. The van der Waals surface area contributed by atoms with Crippen LogP contribution in [0.3, 0.4) is 0 Å². The van der Waals surface area contributed by atoms with Crippen molar-refractivity contribution in [1.82, 2.24) is 10.2 Å². The Bertz CT molecular complexity index is 721. The van der Waals surface area contributed by atoms with Crippen molar-refractivity contribution in [2.24, 2.45) is 10.9 Å². The van der Waals surface area contributed by atoms with Crippen LogP contribution >= 0.6 is 0 Å². The molecule has 0 amide bonds. The van der Waals surface area contributed by atoms with E-state index in [4.69, 9.17) is 14.2 Å². The van der Waals surface area contributed by atoms with E-state index in [1.165, 1.54) is 5.56 Å². The molecule has 2 fully saturated rings. The summed E-state index contributed by atoms with van der Waals surface area (Å²) in [5.74, 6) is 1.74. The molecule has 7 nitrogen and oxygen atoms in total. The molecule has 2 saturated heterocycles. The topological polar surface area (TPSA) is 72.4 Å². The zero-order valence-corrected chi connectivity index (χ0v) is 19.2. The summed E-state index contributed by atoms with van der Waals surface area (Å²) in [6.07, 6.45) is 3.54. The zero-order valence-electron chi connectivity index (χ0n) is 19.2. The fourth-order valence-corrected chi connectivity index (χ4v) is 4.57. The number of benzene rings is 1. The number of rotatable bonds is 7. The molecule has 3 rings (SSSR count). The van der Waals surface area contributed by atoms with Crippen molar-refractivity contribution in [2.75, 3.05) is 53.1 Å². The minimum Gasteiger partial charge on any atom is -0.494 e. The van der Waals surface area contributed by atoms with Crippen molar-refractivity contribution in [3.05, 3.63) is 29.8 Å². The minimum atomic E-state index is -0.0678. The predicted molar refractivity (Wildman–Crippen MR) is 122 cm³/mol. The molecule has 1 aromatic carbocycles. The molecule has 0 aromatic heterocycles. The number of likely N-dealkylation sites (tertiary alicyclic amines) is 1. The van der Waals surface area contributed by atoms with Crippen LogP contribution in [0.1, 0.15) is 45.1 Å². The molecule has 1 aromatic rings. The number of carbonyl (C=O) groups excluding carboxylic acids is 1. The number of hydrogen-bond acceptors (Lipinski definition) is 5. The fraction of sp³-hybridized carbons (Fsp3) is 0.667. The molecule has 7 heteroatoms. The van der Waals surface area contributed by atoms with Crippen LogP contribution in [-0.4, -0.2) is 69.9 Å². The monoisotopic (exact) mass is 431 g/mol. The van der Waals surface area contributed by atoms with E-state index in [0.717, 1.165) is 70.2 Å². The number of aliphatic imine (C=N–C) groups is 1. The van der Waals surface area contributed by atoms with Crippen LogP contribution in [0.2, 0.25) is 0 Å². The lowest BCUT2D eigenvalue weighted by atomic mass is 9.74. The molecule has 1 N–H and O–H groups in total. The van der Waals surface area contributed by atoms with Crippen LogP contribution in [0.15, 0.2) is 29.3 Å². The summed E-state index contributed by atoms with van der Waals surface area (Å²) in [5.41, 5.74) is 1.31. The number of carbonyl (C=O) groups is 1. The Balaban J connectivity index is 1.63. The van der Waals surface area contributed by atoms with Gasteiger partial charge in [0.1, 0.15) is 5.75 Å². The molecule has 0 bridgehead atoms. The average Bonchev–Trinajstić information content (AvgIpc) is 2.81. The molecule has 172 valence electrons. The number of piperidine rings is 1. The highest BCUT2D eigenvalue weighted by atomic mass is 16.5. The molecule has 0 unspecified atom stereocenters. The molecule has 0 spiro atoms. The maximum Gasteiger partial charge on any atom is 0.309 e. The lowest BCUT2D eigenvalue weighted by Gasteiger charge is -2.40. The molecule has 0 radical (unpaired) electrons. The summed E-state index contributed by atoms with van der Waals surface area (Å²) in [6.45, 7) is 8.91.